The van der Waals surface area contributed by atoms with Crippen molar-refractivity contribution in [3.63, 3.8) is 0 Å². The number of esters is 1. The lowest BCUT2D eigenvalue weighted by molar-refractivity contribution is -0.202. The molecular weight excluding hydrogens is 236 g/mol. The molecule has 5 rings (SSSR count). The SMILES string of the molecule is CC12CC3CC(C1)CC(OC(=O)C1CCCC1)(C3)C2. The van der Waals surface area contributed by atoms with E-state index < -0.39 is 0 Å². The normalized spacial score (nSPS) is 48.7. The molecule has 106 valence electrons. The van der Waals surface area contributed by atoms with Gasteiger partial charge >= 0.3 is 5.97 Å². The first kappa shape index (κ1) is 12.2. The molecule has 0 amide bonds. The van der Waals surface area contributed by atoms with Gasteiger partial charge in [0.15, 0.2) is 0 Å². The van der Waals surface area contributed by atoms with Crippen molar-refractivity contribution in [2.75, 3.05) is 0 Å². The topological polar surface area (TPSA) is 26.3 Å². The number of hydrogen-bond donors (Lipinski definition) is 0. The Morgan fingerprint density at radius 2 is 1.68 bits per heavy atom. The number of hydrogen-bond acceptors (Lipinski definition) is 2. The Kier molecular flexibility index (Phi) is 2.57. The molecule has 2 heteroatoms. The molecule has 0 aromatic carbocycles. The molecule has 0 aromatic rings. The minimum Gasteiger partial charge on any atom is -0.459 e. The monoisotopic (exact) mass is 262 g/mol. The minimum atomic E-state index is -0.0570. The Labute approximate surface area is 116 Å². The quantitative estimate of drug-likeness (QED) is 0.701. The van der Waals surface area contributed by atoms with Crippen LogP contribution in [0.15, 0.2) is 0 Å². The van der Waals surface area contributed by atoms with E-state index in [0.29, 0.717) is 5.41 Å². The van der Waals surface area contributed by atoms with E-state index in [1.807, 2.05) is 0 Å². The summed E-state index contributed by atoms with van der Waals surface area (Å²) < 4.78 is 6.16. The van der Waals surface area contributed by atoms with Gasteiger partial charge in [-0.1, -0.05) is 19.8 Å². The summed E-state index contributed by atoms with van der Waals surface area (Å²) >= 11 is 0. The second-order valence-corrected chi connectivity index (χ2v) is 8.36. The maximum Gasteiger partial charge on any atom is 0.309 e. The number of rotatable bonds is 2. The van der Waals surface area contributed by atoms with E-state index in [1.54, 1.807) is 0 Å². The van der Waals surface area contributed by atoms with Crippen molar-refractivity contribution in [2.45, 2.75) is 76.7 Å². The first-order valence-electron chi connectivity index (χ1n) is 8.29. The molecule has 5 fully saturated rings. The number of carbonyl (C=O) groups is 1. The van der Waals surface area contributed by atoms with Crippen LogP contribution in [0.1, 0.15) is 71.1 Å². The zero-order chi connectivity index (χ0) is 13.1. The Hall–Kier alpha value is -0.530. The zero-order valence-electron chi connectivity index (χ0n) is 12.1. The van der Waals surface area contributed by atoms with Gasteiger partial charge in [-0.25, -0.2) is 0 Å². The van der Waals surface area contributed by atoms with Crippen molar-refractivity contribution in [3.05, 3.63) is 0 Å². The van der Waals surface area contributed by atoms with E-state index in [9.17, 15) is 4.79 Å². The molecule has 5 aliphatic carbocycles. The van der Waals surface area contributed by atoms with Crippen LogP contribution in [0.3, 0.4) is 0 Å². The summed E-state index contributed by atoms with van der Waals surface area (Å²) in [5, 5.41) is 0. The molecule has 0 spiro atoms. The molecular formula is C17H26O2. The third-order valence-corrected chi connectivity index (χ3v) is 6.31. The van der Waals surface area contributed by atoms with Crippen molar-refractivity contribution >= 4 is 5.97 Å². The molecule has 2 unspecified atom stereocenters. The first-order valence-corrected chi connectivity index (χ1v) is 8.29. The van der Waals surface area contributed by atoms with Gasteiger partial charge in [0.05, 0.1) is 5.92 Å². The number of ether oxygens (including phenoxy) is 1. The van der Waals surface area contributed by atoms with Gasteiger partial charge in [0.25, 0.3) is 0 Å². The van der Waals surface area contributed by atoms with Gasteiger partial charge in [0, 0.05) is 0 Å². The van der Waals surface area contributed by atoms with E-state index >= 15 is 0 Å². The van der Waals surface area contributed by atoms with Gasteiger partial charge in [-0.15, -0.1) is 0 Å². The largest absolute Gasteiger partial charge is 0.459 e. The van der Waals surface area contributed by atoms with E-state index in [-0.39, 0.29) is 17.5 Å². The molecule has 0 aliphatic heterocycles. The highest BCUT2D eigenvalue weighted by molar-refractivity contribution is 5.73. The summed E-state index contributed by atoms with van der Waals surface area (Å²) in [6, 6.07) is 0. The van der Waals surface area contributed by atoms with E-state index in [2.05, 4.69) is 6.92 Å². The number of carbonyl (C=O) groups excluding carboxylic acids is 1. The van der Waals surface area contributed by atoms with Crippen LogP contribution < -0.4 is 0 Å². The third kappa shape index (κ3) is 2.02. The van der Waals surface area contributed by atoms with Crippen molar-refractivity contribution in [1.82, 2.24) is 0 Å². The average Bonchev–Trinajstić information content (AvgIpc) is 2.77. The lowest BCUT2D eigenvalue weighted by Gasteiger charge is -2.60. The molecule has 19 heavy (non-hydrogen) atoms. The van der Waals surface area contributed by atoms with Gasteiger partial charge in [-0.3, -0.25) is 4.79 Å². The molecule has 0 saturated heterocycles. The van der Waals surface area contributed by atoms with Crippen molar-refractivity contribution < 1.29 is 9.53 Å². The fourth-order valence-corrected chi connectivity index (χ4v) is 6.21. The molecule has 0 aromatic heterocycles. The summed E-state index contributed by atoms with van der Waals surface area (Å²) in [6.45, 7) is 2.43. The summed E-state index contributed by atoms with van der Waals surface area (Å²) in [7, 11) is 0. The van der Waals surface area contributed by atoms with E-state index in [0.717, 1.165) is 43.9 Å². The van der Waals surface area contributed by atoms with Crippen LogP contribution in [-0.4, -0.2) is 11.6 Å². The van der Waals surface area contributed by atoms with Crippen molar-refractivity contribution in [3.8, 4) is 0 Å². The lowest BCUT2D eigenvalue weighted by atomic mass is 9.48. The zero-order valence-corrected chi connectivity index (χ0v) is 12.1. The Bertz CT molecular complexity index is 380. The van der Waals surface area contributed by atoms with Crippen molar-refractivity contribution in [2.24, 2.45) is 23.2 Å². The second kappa shape index (κ2) is 3.99. The smallest absolute Gasteiger partial charge is 0.309 e. The molecule has 5 saturated carbocycles. The van der Waals surface area contributed by atoms with Gasteiger partial charge in [0.2, 0.25) is 0 Å². The maximum absolute atomic E-state index is 12.4. The highest BCUT2D eigenvalue weighted by Gasteiger charge is 2.58. The predicted octanol–water partition coefficient (Wildman–Crippen LogP) is 4.08. The van der Waals surface area contributed by atoms with E-state index in [4.69, 9.17) is 4.74 Å². The molecule has 4 bridgehead atoms. The Morgan fingerprint density at radius 1 is 1.05 bits per heavy atom. The highest BCUT2D eigenvalue weighted by atomic mass is 16.6. The standard InChI is InChI=1S/C17H26O2/c1-16-7-12-6-13(8-16)10-17(9-12,11-16)19-15(18)14-4-2-3-5-14/h12-14H,2-11H2,1H3. The Morgan fingerprint density at radius 3 is 2.26 bits per heavy atom. The van der Waals surface area contributed by atoms with Gasteiger partial charge in [-0.05, 0) is 68.6 Å². The summed E-state index contributed by atoms with van der Waals surface area (Å²) in [6.07, 6.45) is 12.2. The van der Waals surface area contributed by atoms with Crippen LogP contribution in [0.5, 0.6) is 0 Å². The molecule has 2 nitrogen and oxygen atoms in total. The van der Waals surface area contributed by atoms with Gasteiger partial charge in [0.1, 0.15) is 5.60 Å². The summed E-state index contributed by atoms with van der Waals surface area (Å²) in [5.74, 6) is 2.04. The average molecular weight is 262 g/mol. The van der Waals surface area contributed by atoms with Crippen LogP contribution in [0.4, 0.5) is 0 Å². The minimum absolute atomic E-state index is 0.0570. The second-order valence-electron chi connectivity index (χ2n) is 8.36. The van der Waals surface area contributed by atoms with Gasteiger partial charge < -0.3 is 4.74 Å². The molecule has 0 radical (unpaired) electrons. The van der Waals surface area contributed by atoms with Crippen LogP contribution in [0.2, 0.25) is 0 Å². The van der Waals surface area contributed by atoms with Crippen LogP contribution in [-0.2, 0) is 9.53 Å². The maximum atomic E-state index is 12.4. The molecule has 2 atom stereocenters. The summed E-state index contributed by atoms with van der Waals surface area (Å²) in [4.78, 5) is 12.4. The van der Waals surface area contributed by atoms with Crippen LogP contribution in [0.25, 0.3) is 0 Å². The first-order chi connectivity index (χ1) is 9.06. The highest BCUT2D eigenvalue weighted by Crippen LogP contribution is 2.62. The predicted molar refractivity (Wildman–Crippen MR) is 73.6 cm³/mol. The van der Waals surface area contributed by atoms with Crippen LogP contribution in [0, 0.1) is 23.2 Å². The van der Waals surface area contributed by atoms with Crippen LogP contribution >= 0.6 is 0 Å². The Balaban J connectivity index is 1.52. The lowest BCUT2D eigenvalue weighted by Crippen LogP contribution is -2.56. The molecule has 0 N–H and O–H groups in total. The molecule has 5 aliphatic rings. The van der Waals surface area contributed by atoms with Crippen molar-refractivity contribution in [1.29, 1.82) is 0 Å². The summed E-state index contributed by atoms with van der Waals surface area (Å²) in [5.41, 5.74) is 0.415. The fourth-order valence-electron chi connectivity index (χ4n) is 6.21. The fraction of sp³-hybridized carbons (Fsp3) is 0.941. The molecule has 0 heterocycles. The van der Waals surface area contributed by atoms with Gasteiger partial charge in [-0.2, -0.15) is 0 Å². The third-order valence-electron chi connectivity index (χ3n) is 6.31. The van der Waals surface area contributed by atoms with E-state index in [1.165, 1.54) is 32.1 Å².